The standard InChI is InChI=1S/C16H15NO2.C9H8O3.C7H10N2/c17-14-9-6-12(7-10-14)8-11-15(18)16(19)13-4-2-1-3-5-13;1-12-9(11)8(10)7-5-3-2-4-6-7;8-5-6-1-3-7(9)4-2-6/h1-7,9-10H,8,11,17H2;2-6H,1H3;1-4H,5,8-9H2. The number of aryl methyl sites for hydroxylation is 1. The zero-order chi connectivity index (χ0) is 29.3. The van der Waals surface area contributed by atoms with Crippen molar-refractivity contribution < 1.29 is 23.9 Å². The van der Waals surface area contributed by atoms with Gasteiger partial charge in [0.1, 0.15) is 0 Å². The highest BCUT2D eigenvalue weighted by Crippen LogP contribution is 2.10. The maximum absolute atomic E-state index is 11.9. The van der Waals surface area contributed by atoms with Crippen LogP contribution in [-0.2, 0) is 27.3 Å². The number of ketones is 3. The molecule has 206 valence electrons. The van der Waals surface area contributed by atoms with E-state index in [1.165, 1.54) is 7.11 Å². The molecule has 0 aliphatic carbocycles. The first kappa shape index (κ1) is 31.1. The molecule has 4 rings (SSSR count). The summed E-state index contributed by atoms with van der Waals surface area (Å²) >= 11 is 0. The molecular weight excluding hydrogens is 506 g/mol. The first-order chi connectivity index (χ1) is 19.2. The molecule has 0 bridgehead atoms. The average Bonchev–Trinajstić information content (AvgIpc) is 3.01. The summed E-state index contributed by atoms with van der Waals surface area (Å²) in [7, 11) is 1.18. The molecule has 0 fully saturated rings. The minimum absolute atomic E-state index is 0.220. The largest absolute Gasteiger partial charge is 0.463 e. The maximum Gasteiger partial charge on any atom is 0.379 e. The van der Waals surface area contributed by atoms with E-state index in [1.54, 1.807) is 66.7 Å². The molecule has 0 heterocycles. The van der Waals surface area contributed by atoms with Crippen molar-refractivity contribution in [2.24, 2.45) is 5.73 Å². The van der Waals surface area contributed by atoms with Gasteiger partial charge < -0.3 is 21.9 Å². The van der Waals surface area contributed by atoms with Crippen LogP contribution in [0.2, 0.25) is 0 Å². The molecule has 0 saturated carbocycles. The summed E-state index contributed by atoms with van der Waals surface area (Å²) in [4.78, 5) is 45.5. The molecule has 40 heavy (non-hydrogen) atoms. The number of carbonyl (C=O) groups is 4. The third kappa shape index (κ3) is 10.7. The molecular formula is C32H33N3O5. The van der Waals surface area contributed by atoms with E-state index < -0.39 is 17.5 Å². The Hall–Kier alpha value is -5.08. The second kappa shape index (κ2) is 16.7. The number of rotatable bonds is 8. The van der Waals surface area contributed by atoms with Gasteiger partial charge in [0.05, 0.1) is 7.11 Å². The van der Waals surface area contributed by atoms with Crippen molar-refractivity contribution in [3.63, 3.8) is 0 Å². The van der Waals surface area contributed by atoms with Crippen molar-refractivity contribution in [2.75, 3.05) is 18.6 Å². The van der Waals surface area contributed by atoms with E-state index in [4.69, 9.17) is 17.2 Å². The van der Waals surface area contributed by atoms with Gasteiger partial charge in [-0.25, -0.2) is 4.79 Å². The van der Waals surface area contributed by atoms with Gasteiger partial charge >= 0.3 is 5.97 Å². The van der Waals surface area contributed by atoms with Crippen LogP contribution >= 0.6 is 0 Å². The monoisotopic (exact) mass is 539 g/mol. The van der Waals surface area contributed by atoms with Crippen molar-refractivity contribution in [1.82, 2.24) is 0 Å². The summed E-state index contributed by atoms with van der Waals surface area (Å²) in [5, 5.41) is 0. The van der Waals surface area contributed by atoms with E-state index in [2.05, 4.69) is 4.74 Å². The van der Waals surface area contributed by atoms with Gasteiger partial charge in [0.25, 0.3) is 5.78 Å². The van der Waals surface area contributed by atoms with Crippen LogP contribution in [0.25, 0.3) is 0 Å². The summed E-state index contributed by atoms with van der Waals surface area (Å²) < 4.78 is 4.28. The Bertz CT molecular complexity index is 1370. The minimum atomic E-state index is -0.832. The van der Waals surface area contributed by atoms with Crippen LogP contribution < -0.4 is 17.2 Å². The lowest BCUT2D eigenvalue weighted by molar-refractivity contribution is -0.135. The predicted octanol–water partition coefficient (Wildman–Crippen LogP) is 4.42. The van der Waals surface area contributed by atoms with E-state index in [-0.39, 0.29) is 12.2 Å². The third-order valence-corrected chi connectivity index (χ3v) is 5.53. The topological polar surface area (TPSA) is 156 Å². The lowest BCUT2D eigenvalue weighted by Crippen LogP contribution is -2.15. The van der Waals surface area contributed by atoms with E-state index in [9.17, 15) is 19.2 Å². The van der Waals surface area contributed by atoms with Crippen LogP contribution in [0.3, 0.4) is 0 Å². The predicted molar refractivity (Wildman–Crippen MR) is 156 cm³/mol. The summed E-state index contributed by atoms with van der Waals surface area (Å²) in [6.07, 6.45) is 0.773. The number of esters is 1. The molecule has 0 unspecified atom stereocenters. The van der Waals surface area contributed by atoms with Gasteiger partial charge in [-0.1, -0.05) is 84.9 Å². The molecule has 0 aliphatic rings. The molecule has 6 N–H and O–H groups in total. The molecule has 4 aromatic rings. The van der Waals surface area contributed by atoms with Gasteiger partial charge in [0, 0.05) is 35.5 Å². The highest BCUT2D eigenvalue weighted by Gasteiger charge is 2.16. The lowest BCUT2D eigenvalue weighted by atomic mass is 10.0. The molecule has 0 spiro atoms. The first-order valence-corrected chi connectivity index (χ1v) is 12.4. The van der Waals surface area contributed by atoms with Gasteiger partial charge in [-0.3, -0.25) is 14.4 Å². The number of carbonyl (C=O) groups excluding carboxylic acids is 4. The SMILES string of the molecule is COC(=O)C(=O)c1ccccc1.NCc1ccc(N)cc1.Nc1ccc(CCC(=O)C(=O)c2ccccc2)cc1. The number of nitrogen functional groups attached to an aromatic ring is 2. The average molecular weight is 540 g/mol. The fraction of sp³-hybridized carbons (Fsp3) is 0.125. The Morgan fingerprint density at radius 3 is 1.45 bits per heavy atom. The molecule has 0 saturated heterocycles. The van der Waals surface area contributed by atoms with E-state index in [0.29, 0.717) is 29.8 Å². The summed E-state index contributed by atoms with van der Waals surface area (Å²) in [5.74, 6) is -2.22. The lowest BCUT2D eigenvalue weighted by Gasteiger charge is -2.02. The smallest absolute Gasteiger partial charge is 0.379 e. The van der Waals surface area contributed by atoms with Crippen molar-refractivity contribution in [1.29, 1.82) is 0 Å². The Kier molecular flexibility index (Phi) is 13.0. The zero-order valence-electron chi connectivity index (χ0n) is 22.3. The molecule has 0 aromatic heterocycles. The zero-order valence-corrected chi connectivity index (χ0v) is 22.3. The molecule has 4 aromatic carbocycles. The third-order valence-electron chi connectivity index (χ3n) is 5.53. The highest BCUT2D eigenvalue weighted by molar-refractivity contribution is 6.43. The quantitative estimate of drug-likeness (QED) is 0.129. The molecule has 0 atom stereocenters. The van der Waals surface area contributed by atoms with Gasteiger partial charge in [-0.05, 0) is 41.8 Å². The first-order valence-electron chi connectivity index (χ1n) is 12.4. The van der Waals surface area contributed by atoms with Crippen LogP contribution in [0, 0.1) is 0 Å². The number of Topliss-reactive ketones (excluding diaryl/α,β-unsaturated/α-hetero) is 3. The fourth-order valence-corrected chi connectivity index (χ4v) is 3.26. The van der Waals surface area contributed by atoms with Crippen LogP contribution in [0.5, 0.6) is 0 Å². The van der Waals surface area contributed by atoms with Crippen molar-refractivity contribution in [3.8, 4) is 0 Å². The van der Waals surface area contributed by atoms with Gasteiger partial charge in [0.15, 0.2) is 0 Å². The Labute approximate surface area is 233 Å². The van der Waals surface area contributed by atoms with Crippen molar-refractivity contribution in [3.05, 3.63) is 131 Å². The van der Waals surface area contributed by atoms with Crippen LogP contribution in [-0.4, -0.2) is 30.4 Å². The number of anilines is 2. The van der Waals surface area contributed by atoms with Gasteiger partial charge in [-0.2, -0.15) is 0 Å². The fourth-order valence-electron chi connectivity index (χ4n) is 3.26. The summed E-state index contributed by atoms with van der Waals surface area (Å²) in [6, 6.07) is 31.8. The second-order valence-corrected chi connectivity index (χ2v) is 8.49. The number of nitrogens with two attached hydrogens (primary N) is 3. The Balaban J connectivity index is 0.000000228. The molecule has 0 amide bonds. The van der Waals surface area contributed by atoms with E-state index in [1.807, 2.05) is 42.5 Å². The molecule has 0 radical (unpaired) electrons. The number of hydrogen-bond donors (Lipinski definition) is 3. The maximum atomic E-state index is 11.9. The van der Waals surface area contributed by atoms with Gasteiger partial charge in [-0.15, -0.1) is 0 Å². The van der Waals surface area contributed by atoms with Crippen LogP contribution in [0.15, 0.2) is 109 Å². The number of ether oxygens (including phenoxy) is 1. The molecule has 8 heteroatoms. The highest BCUT2D eigenvalue weighted by atomic mass is 16.5. The Morgan fingerprint density at radius 2 is 1.02 bits per heavy atom. The number of hydrogen-bond acceptors (Lipinski definition) is 8. The van der Waals surface area contributed by atoms with E-state index in [0.717, 1.165) is 16.8 Å². The normalized spacial score (nSPS) is 9.65. The number of methoxy groups -OCH3 is 1. The minimum Gasteiger partial charge on any atom is -0.463 e. The van der Waals surface area contributed by atoms with E-state index >= 15 is 0 Å². The summed E-state index contributed by atoms with van der Waals surface area (Å²) in [6.45, 7) is 0.584. The van der Waals surface area contributed by atoms with Crippen LogP contribution in [0.4, 0.5) is 11.4 Å². The van der Waals surface area contributed by atoms with Crippen molar-refractivity contribution in [2.45, 2.75) is 19.4 Å². The summed E-state index contributed by atoms with van der Waals surface area (Å²) in [5.41, 5.74) is 20.8. The molecule has 8 nitrogen and oxygen atoms in total. The second-order valence-electron chi connectivity index (χ2n) is 8.49. The van der Waals surface area contributed by atoms with Crippen molar-refractivity contribution >= 4 is 34.7 Å². The Morgan fingerprint density at radius 1 is 0.600 bits per heavy atom. The van der Waals surface area contributed by atoms with Gasteiger partial charge in [0.2, 0.25) is 11.6 Å². The van der Waals surface area contributed by atoms with Crippen LogP contribution in [0.1, 0.15) is 38.3 Å². The molecule has 0 aliphatic heterocycles. The number of benzene rings is 4.